The highest BCUT2D eigenvalue weighted by molar-refractivity contribution is 7.92. The van der Waals surface area contributed by atoms with Gasteiger partial charge in [0.15, 0.2) is 0 Å². The average molecular weight is 380 g/mol. The number of halogens is 1. The van der Waals surface area contributed by atoms with E-state index in [1.165, 1.54) is 7.11 Å². The van der Waals surface area contributed by atoms with Crippen LogP contribution >= 0.6 is 12.4 Å². The summed E-state index contributed by atoms with van der Waals surface area (Å²) in [6.45, 7) is 3.79. The number of methoxy groups -OCH3 is 1. The number of hydrogen-bond donors (Lipinski definition) is 3. The third-order valence-electron chi connectivity index (χ3n) is 3.36. The quantitative estimate of drug-likeness (QED) is 0.606. The van der Waals surface area contributed by atoms with Crippen LogP contribution in [0.15, 0.2) is 18.2 Å². The Labute approximate surface area is 149 Å². The van der Waals surface area contributed by atoms with Crippen LogP contribution in [0, 0.1) is 6.92 Å². The summed E-state index contributed by atoms with van der Waals surface area (Å²) in [5.74, 6) is -0.186. The molecule has 0 aliphatic heterocycles. The fourth-order valence-electron chi connectivity index (χ4n) is 2.04. The second kappa shape index (κ2) is 10.5. The molecule has 0 bridgehead atoms. The molecule has 1 unspecified atom stereocenters. The molecule has 0 heterocycles. The van der Waals surface area contributed by atoms with Crippen molar-refractivity contribution < 1.29 is 17.9 Å². The lowest BCUT2D eigenvalue weighted by Gasteiger charge is -2.16. The van der Waals surface area contributed by atoms with Gasteiger partial charge in [-0.25, -0.2) is 8.42 Å². The van der Waals surface area contributed by atoms with Crippen molar-refractivity contribution in [2.75, 3.05) is 29.4 Å². The van der Waals surface area contributed by atoms with Crippen molar-refractivity contribution in [3.63, 3.8) is 0 Å². The molecule has 0 aliphatic carbocycles. The Morgan fingerprint density at radius 2 is 1.96 bits per heavy atom. The van der Waals surface area contributed by atoms with E-state index in [0.717, 1.165) is 0 Å². The largest absolute Gasteiger partial charge is 0.380 e. The first-order valence-corrected chi connectivity index (χ1v) is 9.11. The van der Waals surface area contributed by atoms with Crippen molar-refractivity contribution in [1.29, 1.82) is 0 Å². The van der Waals surface area contributed by atoms with E-state index in [9.17, 15) is 13.2 Å². The zero-order chi connectivity index (χ0) is 17.5. The third kappa shape index (κ3) is 7.04. The van der Waals surface area contributed by atoms with Crippen molar-refractivity contribution in [3.8, 4) is 0 Å². The lowest BCUT2D eigenvalue weighted by Crippen LogP contribution is -2.28. The molecule has 0 aromatic heterocycles. The summed E-state index contributed by atoms with van der Waals surface area (Å²) in [5.41, 5.74) is 7.16. The smallest absolute Gasteiger partial charge is 0.232 e. The minimum absolute atomic E-state index is 0. The molecule has 4 N–H and O–H groups in total. The number of benzene rings is 1. The van der Waals surface area contributed by atoms with Crippen LogP contribution in [0.25, 0.3) is 0 Å². The number of sulfonamides is 1. The predicted octanol–water partition coefficient (Wildman–Crippen LogP) is 1.87. The summed E-state index contributed by atoms with van der Waals surface area (Å²) in [7, 11) is -1.88. The molecule has 0 saturated carbocycles. The Hall–Kier alpha value is -1.35. The van der Waals surface area contributed by atoms with Crippen molar-refractivity contribution in [2.45, 2.75) is 32.8 Å². The first kappa shape index (κ1) is 22.6. The van der Waals surface area contributed by atoms with Crippen LogP contribution < -0.4 is 15.8 Å². The summed E-state index contributed by atoms with van der Waals surface area (Å²) in [6, 6.07) is 5.06. The molecule has 138 valence electrons. The number of rotatable bonds is 9. The summed E-state index contributed by atoms with van der Waals surface area (Å²) in [5, 5.41) is 2.76. The highest BCUT2D eigenvalue weighted by atomic mass is 35.5. The first-order chi connectivity index (χ1) is 10.8. The summed E-state index contributed by atoms with van der Waals surface area (Å²) >= 11 is 0. The van der Waals surface area contributed by atoms with E-state index in [0.29, 0.717) is 23.4 Å². The van der Waals surface area contributed by atoms with Gasteiger partial charge in [-0.1, -0.05) is 13.0 Å². The van der Waals surface area contributed by atoms with Gasteiger partial charge in [0.2, 0.25) is 15.9 Å². The zero-order valence-corrected chi connectivity index (χ0v) is 15.8. The van der Waals surface area contributed by atoms with Gasteiger partial charge in [0, 0.05) is 19.3 Å². The van der Waals surface area contributed by atoms with Crippen molar-refractivity contribution in [3.05, 3.63) is 23.8 Å². The molecule has 24 heavy (non-hydrogen) atoms. The van der Waals surface area contributed by atoms with Gasteiger partial charge >= 0.3 is 0 Å². The van der Waals surface area contributed by atoms with Crippen molar-refractivity contribution in [1.82, 2.24) is 0 Å². The summed E-state index contributed by atoms with van der Waals surface area (Å²) in [4.78, 5) is 12.0. The van der Waals surface area contributed by atoms with Gasteiger partial charge in [0.25, 0.3) is 0 Å². The van der Waals surface area contributed by atoms with E-state index < -0.39 is 10.0 Å². The highest BCUT2D eigenvalue weighted by Crippen LogP contribution is 2.24. The van der Waals surface area contributed by atoms with Crippen LogP contribution in [-0.4, -0.2) is 39.8 Å². The van der Waals surface area contributed by atoms with Crippen molar-refractivity contribution >= 4 is 39.7 Å². The van der Waals surface area contributed by atoms with Gasteiger partial charge in [-0.3, -0.25) is 9.52 Å². The van der Waals surface area contributed by atoms with Gasteiger partial charge in [0.1, 0.15) is 0 Å². The van der Waals surface area contributed by atoms with Gasteiger partial charge < -0.3 is 15.8 Å². The van der Waals surface area contributed by atoms with E-state index >= 15 is 0 Å². The van der Waals surface area contributed by atoms with Gasteiger partial charge in [-0.05, 0) is 31.0 Å². The van der Waals surface area contributed by atoms with Gasteiger partial charge in [-0.15, -0.1) is 12.4 Å². The zero-order valence-electron chi connectivity index (χ0n) is 14.2. The molecule has 0 aliphatic rings. The Kier molecular flexibility index (Phi) is 9.91. The molecular weight excluding hydrogens is 354 g/mol. The van der Waals surface area contributed by atoms with Crippen LogP contribution in [0.2, 0.25) is 0 Å². The maximum Gasteiger partial charge on any atom is 0.232 e. The summed E-state index contributed by atoms with van der Waals surface area (Å²) in [6.07, 6.45) is 0.321. The molecular formula is C15H26ClN3O4S. The minimum atomic E-state index is -3.38. The monoisotopic (exact) mass is 379 g/mol. The molecule has 0 fully saturated rings. The standard InChI is InChI=1S/C15H25N3O4S.ClH/c1-4-8-23(20,21)18-14-7-5-6-13(11(14)2)17-15(19)9-12(10-16)22-3;/h5-7,12,18H,4,8-10,16H2,1-3H3,(H,17,19);1H. The molecule has 1 amide bonds. The maximum absolute atomic E-state index is 12.0. The third-order valence-corrected chi connectivity index (χ3v) is 4.83. The first-order valence-electron chi connectivity index (χ1n) is 7.45. The van der Waals surface area contributed by atoms with Gasteiger partial charge in [0.05, 0.1) is 24.0 Å². The Balaban J connectivity index is 0.00000529. The van der Waals surface area contributed by atoms with Crippen LogP contribution in [0.5, 0.6) is 0 Å². The second-order valence-corrected chi connectivity index (χ2v) is 7.09. The van der Waals surface area contributed by atoms with E-state index in [4.69, 9.17) is 10.5 Å². The maximum atomic E-state index is 12.0. The van der Waals surface area contributed by atoms with Crippen LogP contribution in [0.1, 0.15) is 25.3 Å². The fourth-order valence-corrected chi connectivity index (χ4v) is 3.24. The molecule has 0 saturated heterocycles. The molecule has 1 atom stereocenters. The lowest BCUT2D eigenvalue weighted by atomic mass is 10.1. The Morgan fingerprint density at radius 3 is 2.50 bits per heavy atom. The normalized spacial score (nSPS) is 12.2. The fraction of sp³-hybridized carbons (Fsp3) is 0.533. The number of nitrogens with one attached hydrogen (secondary N) is 2. The van der Waals surface area contributed by atoms with Gasteiger partial charge in [-0.2, -0.15) is 0 Å². The molecule has 0 radical (unpaired) electrons. The van der Waals surface area contributed by atoms with Crippen LogP contribution in [-0.2, 0) is 19.6 Å². The number of amides is 1. The number of carbonyl (C=O) groups is 1. The number of carbonyl (C=O) groups excluding carboxylic acids is 1. The molecule has 7 nitrogen and oxygen atoms in total. The average Bonchev–Trinajstić information content (AvgIpc) is 2.48. The van der Waals surface area contributed by atoms with E-state index in [1.807, 2.05) is 0 Å². The number of nitrogens with two attached hydrogens (primary N) is 1. The topological polar surface area (TPSA) is 111 Å². The molecule has 1 rings (SSSR count). The molecule has 0 spiro atoms. The SMILES string of the molecule is CCCS(=O)(=O)Nc1cccc(NC(=O)CC(CN)OC)c1C.Cl. The minimum Gasteiger partial charge on any atom is -0.380 e. The van der Waals surface area contributed by atoms with E-state index in [-0.39, 0.29) is 43.1 Å². The molecule has 1 aromatic rings. The predicted molar refractivity (Wildman–Crippen MR) is 99.2 cm³/mol. The number of hydrogen-bond acceptors (Lipinski definition) is 5. The van der Waals surface area contributed by atoms with E-state index in [2.05, 4.69) is 10.0 Å². The summed E-state index contributed by atoms with van der Waals surface area (Å²) < 4.78 is 31.4. The van der Waals surface area contributed by atoms with E-state index in [1.54, 1.807) is 32.0 Å². The van der Waals surface area contributed by atoms with Crippen molar-refractivity contribution in [2.24, 2.45) is 5.73 Å². The molecule has 1 aromatic carbocycles. The van der Waals surface area contributed by atoms with Crippen LogP contribution in [0.4, 0.5) is 11.4 Å². The van der Waals surface area contributed by atoms with Crippen LogP contribution in [0.3, 0.4) is 0 Å². The Morgan fingerprint density at radius 1 is 1.33 bits per heavy atom. The second-order valence-electron chi connectivity index (χ2n) is 5.24. The highest BCUT2D eigenvalue weighted by Gasteiger charge is 2.15. The number of anilines is 2. The number of ether oxygens (including phenoxy) is 1. The molecule has 9 heteroatoms. The Bertz CT molecular complexity index is 634. The lowest BCUT2D eigenvalue weighted by molar-refractivity contribution is -0.118.